The van der Waals surface area contributed by atoms with E-state index in [-0.39, 0.29) is 28.3 Å². The number of hydrogen-bond acceptors (Lipinski definition) is 5. The number of benzene rings is 2. The molecule has 3 N–H and O–H groups in total. The highest BCUT2D eigenvalue weighted by molar-refractivity contribution is 6.33. The second kappa shape index (κ2) is 9.12. The molecule has 2 heterocycles. The molecule has 0 radical (unpaired) electrons. The highest BCUT2D eigenvalue weighted by atomic mass is 35.5. The quantitative estimate of drug-likeness (QED) is 0.126. The van der Waals surface area contributed by atoms with Crippen molar-refractivity contribution >= 4 is 40.2 Å². The van der Waals surface area contributed by atoms with Crippen LogP contribution in [-0.2, 0) is 12.1 Å². The molecule has 0 spiro atoms. The maximum atomic E-state index is 14.6. The summed E-state index contributed by atoms with van der Waals surface area (Å²) < 4.78 is 58.2. The number of allylic oxidation sites excluding steroid dienone is 1. The number of aromatic nitrogens is 3. The topological polar surface area (TPSA) is 86.8 Å². The fourth-order valence-corrected chi connectivity index (χ4v) is 4.06. The summed E-state index contributed by atoms with van der Waals surface area (Å²) in [4.78, 5) is 7.81. The van der Waals surface area contributed by atoms with Crippen LogP contribution in [0.3, 0.4) is 0 Å². The van der Waals surface area contributed by atoms with E-state index in [4.69, 9.17) is 17.0 Å². The Morgan fingerprint density at radius 2 is 1.86 bits per heavy atom. The molecule has 1 unspecified atom stereocenters. The minimum absolute atomic E-state index is 0.0667. The van der Waals surface area contributed by atoms with E-state index in [9.17, 15) is 22.7 Å². The van der Waals surface area contributed by atoms with E-state index in [1.807, 2.05) is 0 Å². The van der Waals surface area contributed by atoms with Gasteiger partial charge in [-0.05, 0) is 42.0 Å². The van der Waals surface area contributed by atoms with Crippen LogP contribution in [0.15, 0.2) is 67.6 Å². The normalized spacial score (nSPS) is 13.4. The molecule has 11 heteroatoms. The lowest BCUT2D eigenvalue weighted by Gasteiger charge is -2.31. The van der Waals surface area contributed by atoms with E-state index in [1.165, 1.54) is 41.0 Å². The number of alkyl halides is 3. The van der Waals surface area contributed by atoms with E-state index in [0.717, 1.165) is 30.9 Å². The van der Waals surface area contributed by atoms with E-state index in [0.29, 0.717) is 11.4 Å². The molecular weight excluding hydrogens is 486 g/mol. The molecule has 2 aromatic carbocycles. The van der Waals surface area contributed by atoms with Crippen LogP contribution in [0.1, 0.15) is 16.7 Å². The van der Waals surface area contributed by atoms with Crippen LogP contribution in [0.2, 0.25) is 5.15 Å². The van der Waals surface area contributed by atoms with Crippen molar-refractivity contribution in [2.45, 2.75) is 18.3 Å². The molecule has 0 bridgehead atoms. The van der Waals surface area contributed by atoms with Crippen molar-refractivity contribution in [2.24, 2.45) is 0 Å². The molecule has 0 saturated heterocycles. The van der Waals surface area contributed by atoms with E-state index in [2.05, 4.69) is 21.9 Å². The average Bonchev–Trinajstić information content (AvgIpc) is 3.20. The van der Waals surface area contributed by atoms with Gasteiger partial charge >= 0.3 is 6.18 Å². The van der Waals surface area contributed by atoms with Gasteiger partial charge in [0.05, 0.1) is 5.52 Å². The minimum atomic E-state index is -5.16. The van der Waals surface area contributed by atoms with Crippen LogP contribution in [0.4, 0.5) is 28.9 Å². The number of hydrogen-bond donors (Lipinski definition) is 3. The van der Waals surface area contributed by atoms with Gasteiger partial charge in [0, 0.05) is 41.5 Å². The van der Waals surface area contributed by atoms with Gasteiger partial charge in [-0.15, -0.1) is 6.58 Å². The molecule has 6 nitrogen and oxygen atoms in total. The van der Waals surface area contributed by atoms with Gasteiger partial charge in [0.15, 0.2) is 5.15 Å². The van der Waals surface area contributed by atoms with Crippen molar-refractivity contribution in [1.82, 2.24) is 14.5 Å². The van der Waals surface area contributed by atoms with Crippen molar-refractivity contribution in [3.63, 3.8) is 0 Å². The Bertz CT molecular complexity index is 1420. The number of anilines is 2. The zero-order valence-corrected chi connectivity index (χ0v) is 18.7. The molecule has 0 aliphatic rings. The molecular formula is C24H18ClF4N5O. The molecule has 0 aliphatic carbocycles. The molecule has 4 rings (SSSR count). The van der Waals surface area contributed by atoms with Gasteiger partial charge in [-0.2, -0.15) is 13.2 Å². The van der Waals surface area contributed by atoms with Crippen molar-refractivity contribution in [3.05, 3.63) is 95.3 Å². The highest BCUT2D eigenvalue weighted by Gasteiger charge is 2.58. The first-order valence-electron chi connectivity index (χ1n) is 10.2. The van der Waals surface area contributed by atoms with Crippen molar-refractivity contribution in [2.75, 3.05) is 5.32 Å². The predicted molar refractivity (Wildman–Crippen MR) is 126 cm³/mol. The lowest BCUT2D eigenvalue weighted by molar-refractivity contribution is -0.248. The third kappa shape index (κ3) is 4.26. The average molecular weight is 504 g/mol. The Balaban J connectivity index is 1.90. The Kier molecular flexibility index (Phi) is 6.35. The van der Waals surface area contributed by atoms with Crippen molar-refractivity contribution in [3.8, 4) is 0 Å². The number of nitrogens with zero attached hydrogens (tertiary/aromatic N) is 3. The molecule has 4 aromatic rings. The Morgan fingerprint density at radius 1 is 1.14 bits per heavy atom. The summed E-state index contributed by atoms with van der Waals surface area (Å²) in [5, 5.41) is 21.9. The van der Waals surface area contributed by atoms with E-state index >= 15 is 0 Å². The molecule has 2 aromatic heterocycles. The van der Waals surface area contributed by atoms with Gasteiger partial charge in [0.25, 0.3) is 0 Å². The second-order valence-corrected chi connectivity index (χ2v) is 7.99. The number of halogens is 5. The zero-order chi connectivity index (χ0) is 25.4. The van der Waals surface area contributed by atoms with Gasteiger partial charge in [-0.25, -0.2) is 14.4 Å². The molecule has 180 valence electrons. The van der Waals surface area contributed by atoms with Gasteiger partial charge in [0.1, 0.15) is 17.7 Å². The first-order valence-corrected chi connectivity index (χ1v) is 10.6. The second-order valence-electron chi connectivity index (χ2n) is 7.63. The van der Waals surface area contributed by atoms with Crippen LogP contribution < -0.4 is 5.32 Å². The summed E-state index contributed by atoms with van der Waals surface area (Å²) in [6, 6.07) is 8.80. The maximum Gasteiger partial charge on any atom is 0.425 e. The number of nitrogens with one attached hydrogen (secondary N) is 2. The van der Waals surface area contributed by atoms with E-state index < -0.39 is 28.7 Å². The maximum absolute atomic E-state index is 14.6. The summed E-state index contributed by atoms with van der Waals surface area (Å²) in [6.07, 6.45) is -0.714. The SMILES string of the molecule is C=CCn1cc(C(O)(c2ccc(Nc3ccc(F)cc3)c(C=N)c2)C(F)(F)F)c2ncnc(Cl)c21. The number of aliphatic hydroxyl groups is 1. The van der Waals surface area contributed by atoms with Crippen molar-refractivity contribution in [1.29, 1.82) is 5.41 Å². The van der Waals surface area contributed by atoms with Gasteiger partial charge < -0.3 is 20.4 Å². The summed E-state index contributed by atoms with van der Waals surface area (Å²) in [5.41, 5.74) is -3.78. The molecule has 35 heavy (non-hydrogen) atoms. The molecule has 0 saturated carbocycles. The molecule has 0 fully saturated rings. The summed E-state index contributed by atoms with van der Waals surface area (Å²) in [7, 11) is 0. The first kappa shape index (κ1) is 24.4. The third-order valence-corrected chi connectivity index (χ3v) is 5.76. The third-order valence-electron chi connectivity index (χ3n) is 5.48. The summed E-state index contributed by atoms with van der Waals surface area (Å²) >= 11 is 6.15. The van der Waals surface area contributed by atoms with Gasteiger partial charge in [-0.1, -0.05) is 23.7 Å². The van der Waals surface area contributed by atoms with E-state index in [1.54, 1.807) is 0 Å². The van der Waals surface area contributed by atoms with Crippen LogP contribution >= 0.6 is 11.6 Å². The smallest absolute Gasteiger partial charge is 0.372 e. The first-order chi connectivity index (χ1) is 16.6. The zero-order valence-electron chi connectivity index (χ0n) is 17.9. The molecule has 0 amide bonds. The number of rotatable bonds is 7. The summed E-state index contributed by atoms with van der Waals surface area (Å²) in [5.74, 6) is -0.451. The van der Waals surface area contributed by atoms with Gasteiger partial charge in [-0.3, -0.25) is 0 Å². The Hall–Kier alpha value is -3.76. The Labute approximate surface area is 202 Å². The standard InChI is InChI=1S/C24H18ClF4N5O/c1-2-9-34-12-18(20-21(34)22(25)32-13-31-20)23(35,24(27,28)29)15-3-8-19(14(10-15)11-30)33-17-6-4-16(26)5-7-17/h2-8,10-13,30,33,35H,1,9H2. The fourth-order valence-electron chi connectivity index (χ4n) is 3.82. The lowest BCUT2D eigenvalue weighted by Crippen LogP contribution is -2.43. The fraction of sp³-hybridized carbons (Fsp3) is 0.125. The predicted octanol–water partition coefficient (Wildman–Crippen LogP) is 5.95. The Morgan fingerprint density at radius 3 is 2.49 bits per heavy atom. The van der Waals surface area contributed by atoms with Crippen LogP contribution in [0.25, 0.3) is 11.0 Å². The number of fused-ring (bicyclic) bond motifs is 1. The largest absolute Gasteiger partial charge is 0.425 e. The van der Waals surface area contributed by atoms with Crippen LogP contribution in [0.5, 0.6) is 0 Å². The molecule has 0 aliphatic heterocycles. The lowest BCUT2D eigenvalue weighted by atomic mass is 9.85. The summed E-state index contributed by atoms with van der Waals surface area (Å²) in [6.45, 7) is 3.70. The highest BCUT2D eigenvalue weighted by Crippen LogP contribution is 2.47. The molecule has 1 atom stereocenters. The monoisotopic (exact) mass is 503 g/mol. The van der Waals surface area contributed by atoms with Crippen LogP contribution in [0, 0.1) is 11.2 Å². The van der Waals surface area contributed by atoms with Gasteiger partial charge in [0.2, 0.25) is 5.60 Å². The van der Waals surface area contributed by atoms with Crippen LogP contribution in [-0.4, -0.2) is 32.0 Å². The van der Waals surface area contributed by atoms with Crippen molar-refractivity contribution < 1.29 is 22.7 Å². The minimum Gasteiger partial charge on any atom is -0.372 e.